The van der Waals surface area contributed by atoms with Crippen LogP contribution in [0.25, 0.3) is 0 Å². The first-order valence-electron chi connectivity index (χ1n) is 4.96. The van der Waals surface area contributed by atoms with Crippen LogP contribution in [0.2, 0.25) is 0 Å². The molecule has 0 radical (unpaired) electrons. The molecule has 0 spiro atoms. The zero-order chi connectivity index (χ0) is 10.3. The molecule has 2 rings (SSSR count). The Labute approximate surface area is 92.8 Å². The minimum absolute atomic E-state index is 0.378. The molecule has 1 fully saturated rings. The Kier molecular flexibility index (Phi) is 2.43. The zero-order valence-corrected chi connectivity index (χ0v) is 10.3. The lowest BCUT2D eigenvalue weighted by Crippen LogP contribution is -2.19. The summed E-state index contributed by atoms with van der Waals surface area (Å²) in [5, 5.41) is 4.39. The molecule has 1 heterocycles. The van der Waals surface area contributed by atoms with Crippen LogP contribution in [0.15, 0.2) is 4.47 Å². The van der Waals surface area contributed by atoms with Crippen molar-refractivity contribution in [1.29, 1.82) is 0 Å². The van der Waals surface area contributed by atoms with Crippen molar-refractivity contribution in [1.82, 2.24) is 9.78 Å². The number of hydrogen-bond donors (Lipinski definition) is 1. The molecule has 0 atom stereocenters. The molecule has 2 N–H and O–H groups in total. The summed E-state index contributed by atoms with van der Waals surface area (Å²) in [5.74, 6) is 0. The summed E-state index contributed by atoms with van der Waals surface area (Å²) in [6.45, 7) is 2.82. The van der Waals surface area contributed by atoms with Gasteiger partial charge in [0.05, 0.1) is 15.9 Å². The zero-order valence-electron chi connectivity index (χ0n) is 8.68. The van der Waals surface area contributed by atoms with Gasteiger partial charge in [0, 0.05) is 7.05 Å². The monoisotopic (exact) mass is 257 g/mol. The van der Waals surface area contributed by atoms with Gasteiger partial charge < -0.3 is 5.73 Å². The fourth-order valence-corrected chi connectivity index (χ4v) is 2.33. The van der Waals surface area contributed by atoms with E-state index in [4.69, 9.17) is 5.73 Å². The number of rotatable bonds is 3. The van der Waals surface area contributed by atoms with Crippen LogP contribution in [-0.4, -0.2) is 16.3 Å². The highest BCUT2D eigenvalue weighted by Gasteiger charge is 2.42. The van der Waals surface area contributed by atoms with Gasteiger partial charge in [0.25, 0.3) is 0 Å². The van der Waals surface area contributed by atoms with Crippen molar-refractivity contribution in [3.05, 3.63) is 15.9 Å². The molecular weight excluding hydrogens is 242 g/mol. The molecule has 14 heavy (non-hydrogen) atoms. The van der Waals surface area contributed by atoms with Gasteiger partial charge in [-0.3, -0.25) is 4.68 Å². The van der Waals surface area contributed by atoms with Crippen molar-refractivity contribution in [3.63, 3.8) is 0 Å². The van der Waals surface area contributed by atoms with Gasteiger partial charge in [-0.1, -0.05) is 0 Å². The maximum atomic E-state index is 5.78. The molecule has 0 aromatic carbocycles. The Bertz CT molecular complexity index is 352. The van der Waals surface area contributed by atoms with E-state index in [2.05, 4.69) is 21.0 Å². The van der Waals surface area contributed by atoms with Crippen LogP contribution in [0, 0.1) is 12.3 Å². The third kappa shape index (κ3) is 1.61. The quantitative estimate of drug-likeness (QED) is 0.898. The topological polar surface area (TPSA) is 43.8 Å². The smallest absolute Gasteiger partial charge is 0.0738 e. The molecule has 1 aromatic rings. The minimum Gasteiger partial charge on any atom is -0.330 e. The molecule has 0 unspecified atom stereocenters. The highest BCUT2D eigenvalue weighted by atomic mass is 79.9. The van der Waals surface area contributed by atoms with Crippen molar-refractivity contribution in [2.24, 2.45) is 18.2 Å². The summed E-state index contributed by atoms with van der Waals surface area (Å²) in [6.07, 6.45) is 3.59. The fraction of sp³-hybridized carbons (Fsp3) is 0.700. The average molecular weight is 258 g/mol. The van der Waals surface area contributed by atoms with E-state index in [1.807, 2.05) is 18.7 Å². The SMILES string of the molecule is Cc1nn(C)c(CC2(CN)CC2)c1Br. The molecule has 4 heteroatoms. The minimum atomic E-state index is 0.378. The van der Waals surface area contributed by atoms with Crippen LogP contribution in [0.4, 0.5) is 0 Å². The second-order valence-corrected chi connectivity index (χ2v) is 5.14. The van der Waals surface area contributed by atoms with Crippen LogP contribution in [0.5, 0.6) is 0 Å². The molecule has 1 aromatic heterocycles. The lowest BCUT2D eigenvalue weighted by Gasteiger charge is -2.12. The van der Waals surface area contributed by atoms with Gasteiger partial charge in [0.15, 0.2) is 0 Å². The number of aryl methyl sites for hydroxylation is 2. The van der Waals surface area contributed by atoms with E-state index in [0.717, 1.165) is 23.1 Å². The van der Waals surface area contributed by atoms with Crippen molar-refractivity contribution >= 4 is 15.9 Å². The molecule has 0 aliphatic heterocycles. The van der Waals surface area contributed by atoms with E-state index in [0.29, 0.717) is 5.41 Å². The molecule has 0 amide bonds. The Balaban J connectivity index is 2.24. The first-order chi connectivity index (χ1) is 6.58. The number of hydrogen-bond acceptors (Lipinski definition) is 2. The largest absolute Gasteiger partial charge is 0.330 e. The van der Waals surface area contributed by atoms with Gasteiger partial charge in [-0.05, 0) is 54.1 Å². The highest BCUT2D eigenvalue weighted by molar-refractivity contribution is 9.10. The Morgan fingerprint density at radius 2 is 2.21 bits per heavy atom. The van der Waals surface area contributed by atoms with Crippen molar-refractivity contribution in [3.8, 4) is 0 Å². The molecule has 3 nitrogen and oxygen atoms in total. The maximum Gasteiger partial charge on any atom is 0.0738 e. The molecule has 78 valence electrons. The van der Waals surface area contributed by atoms with Crippen LogP contribution >= 0.6 is 15.9 Å². The van der Waals surface area contributed by atoms with E-state index in [9.17, 15) is 0 Å². The second-order valence-electron chi connectivity index (χ2n) is 4.35. The molecule has 1 aliphatic carbocycles. The molecule has 0 saturated heterocycles. The van der Waals surface area contributed by atoms with Crippen molar-refractivity contribution in [2.45, 2.75) is 26.2 Å². The van der Waals surface area contributed by atoms with Gasteiger partial charge >= 0.3 is 0 Å². The summed E-state index contributed by atoms with van der Waals surface area (Å²) in [7, 11) is 2.00. The Morgan fingerprint density at radius 1 is 1.57 bits per heavy atom. The standard InChI is InChI=1S/C10H16BrN3/c1-7-9(11)8(14(2)13-7)5-10(6-12)3-4-10/h3-6,12H2,1-2H3. The molecular formula is C10H16BrN3. The predicted octanol–water partition coefficient (Wildman–Crippen LogP) is 1.77. The first-order valence-corrected chi connectivity index (χ1v) is 5.75. The summed E-state index contributed by atoms with van der Waals surface area (Å²) in [5.41, 5.74) is 8.50. The lowest BCUT2D eigenvalue weighted by molar-refractivity contribution is 0.496. The summed E-state index contributed by atoms with van der Waals surface area (Å²) < 4.78 is 3.12. The maximum absolute atomic E-state index is 5.78. The number of nitrogens with two attached hydrogens (primary N) is 1. The van der Waals surface area contributed by atoms with Crippen LogP contribution in [0.3, 0.4) is 0 Å². The fourth-order valence-electron chi connectivity index (χ4n) is 1.86. The van der Waals surface area contributed by atoms with Crippen molar-refractivity contribution < 1.29 is 0 Å². The average Bonchev–Trinajstić information content (AvgIpc) is 2.88. The Hall–Kier alpha value is -0.350. The van der Waals surface area contributed by atoms with E-state index in [1.54, 1.807) is 0 Å². The third-order valence-corrected chi connectivity index (χ3v) is 4.23. The normalized spacial score (nSPS) is 18.6. The van der Waals surface area contributed by atoms with E-state index in [1.165, 1.54) is 18.5 Å². The van der Waals surface area contributed by atoms with Gasteiger partial charge in [-0.25, -0.2) is 0 Å². The van der Waals surface area contributed by atoms with Gasteiger partial charge in [0.2, 0.25) is 0 Å². The summed E-state index contributed by atoms with van der Waals surface area (Å²) >= 11 is 3.59. The number of halogens is 1. The molecule has 1 saturated carbocycles. The van der Waals surface area contributed by atoms with Crippen LogP contribution < -0.4 is 5.73 Å². The lowest BCUT2D eigenvalue weighted by atomic mass is 10.0. The predicted molar refractivity (Wildman–Crippen MR) is 60.1 cm³/mol. The number of nitrogens with zero attached hydrogens (tertiary/aromatic N) is 2. The number of aromatic nitrogens is 2. The summed E-state index contributed by atoms with van der Waals surface area (Å²) in [4.78, 5) is 0. The van der Waals surface area contributed by atoms with E-state index < -0.39 is 0 Å². The van der Waals surface area contributed by atoms with E-state index >= 15 is 0 Å². The van der Waals surface area contributed by atoms with Gasteiger partial charge in [-0.15, -0.1) is 0 Å². The highest BCUT2D eigenvalue weighted by Crippen LogP contribution is 2.48. The third-order valence-electron chi connectivity index (χ3n) is 3.19. The first kappa shape index (κ1) is 10.2. The van der Waals surface area contributed by atoms with Crippen molar-refractivity contribution in [2.75, 3.05) is 6.54 Å². The molecule has 0 bridgehead atoms. The molecule has 1 aliphatic rings. The van der Waals surface area contributed by atoms with E-state index in [-0.39, 0.29) is 0 Å². The summed E-state index contributed by atoms with van der Waals surface area (Å²) in [6, 6.07) is 0. The van der Waals surface area contributed by atoms with Crippen LogP contribution in [0.1, 0.15) is 24.2 Å². The van der Waals surface area contributed by atoms with Crippen LogP contribution in [-0.2, 0) is 13.5 Å². The Morgan fingerprint density at radius 3 is 2.57 bits per heavy atom. The van der Waals surface area contributed by atoms with Gasteiger partial charge in [-0.2, -0.15) is 5.10 Å². The second kappa shape index (κ2) is 3.35. The van der Waals surface area contributed by atoms with Gasteiger partial charge in [0.1, 0.15) is 0 Å².